The van der Waals surface area contributed by atoms with Crippen LogP contribution in [0.25, 0.3) is 22.5 Å². The van der Waals surface area contributed by atoms with Gasteiger partial charge in [-0.3, -0.25) is 0 Å². The molecule has 0 aliphatic heterocycles. The van der Waals surface area contributed by atoms with E-state index in [0.29, 0.717) is 23.1 Å². The summed E-state index contributed by atoms with van der Waals surface area (Å²) >= 11 is 6.13. The summed E-state index contributed by atoms with van der Waals surface area (Å²) in [4.78, 5) is 8.45. The average molecular weight is 342 g/mol. The fourth-order valence-electron chi connectivity index (χ4n) is 2.41. The van der Waals surface area contributed by atoms with Crippen LogP contribution in [0.4, 0.5) is 5.95 Å². The molecule has 0 bridgehead atoms. The molecule has 0 aliphatic rings. The summed E-state index contributed by atoms with van der Waals surface area (Å²) < 4.78 is 5.13. The van der Waals surface area contributed by atoms with E-state index in [4.69, 9.17) is 22.1 Å². The van der Waals surface area contributed by atoms with Gasteiger partial charge in [-0.15, -0.1) is 10.2 Å². The molecule has 24 heavy (non-hydrogen) atoms. The van der Waals surface area contributed by atoms with E-state index in [0.717, 1.165) is 22.3 Å². The number of aromatic nitrogens is 4. The first kappa shape index (κ1) is 16.3. The van der Waals surface area contributed by atoms with E-state index in [-0.39, 0.29) is 5.95 Å². The highest BCUT2D eigenvalue weighted by Gasteiger charge is 2.16. The van der Waals surface area contributed by atoms with Gasteiger partial charge in [0.15, 0.2) is 0 Å². The lowest BCUT2D eigenvalue weighted by atomic mass is 10.0. The van der Waals surface area contributed by atoms with E-state index in [2.05, 4.69) is 20.2 Å². The van der Waals surface area contributed by atoms with Gasteiger partial charge in [0.25, 0.3) is 0 Å². The predicted octanol–water partition coefficient (Wildman–Crippen LogP) is 3.29. The summed E-state index contributed by atoms with van der Waals surface area (Å²) in [5.74, 6) is 0.118. The lowest BCUT2D eigenvalue weighted by Crippen LogP contribution is -2.03. The number of ether oxygens (including phenoxy) is 1. The van der Waals surface area contributed by atoms with Crippen molar-refractivity contribution in [3.05, 3.63) is 52.8 Å². The normalized spacial score (nSPS) is 10.8. The number of hydrogen-bond acceptors (Lipinski definition) is 6. The Morgan fingerprint density at radius 2 is 1.83 bits per heavy atom. The van der Waals surface area contributed by atoms with E-state index in [1.54, 1.807) is 13.3 Å². The molecule has 0 saturated carbocycles. The van der Waals surface area contributed by atoms with Crippen molar-refractivity contribution in [2.75, 3.05) is 12.8 Å². The monoisotopic (exact) mass is 341 g/mol. The van der Waals surface area contributed by atoms with E-state index < -0.39 is 0 Å². The standard InChI is InChI=1S/C17H16ClN5O/c1-10-13(7-8-20-16(10)18)15-14(21-17(19)23-22-15)12-5-3-11(4-6-12)9-24-2/h3-8H,9H2,1-2H3,(H2,19,21,23). The number of anilines is 1. The van der Waals surface area contributed by atoms with E-state index in [1.807, 2.05) is 37.3 Å². The van der Waals surface area contributed by atoms with Crippen molar-refractivity contribution in [2.24, 2.45) is 0 Å². The van der Waals surface area contributed by atoms with E-state index in [1.165, 1.54) is 0 Å². The van der Waals surface area contributed by atoms with Crippen molar-refractivity contribution in [1.82, 2.24) is 20.2 Å². The number of methoxy groups -OCH3 is 1. The van der Waals surface area contributed by atoms with Gasteiger partial charge in [-0.25, -0.2) is 9.97 Å². The van der Waals surface area contributed by atoms with Crippen LogP contribution in [0.1, 0.15) is 11.1 Å². The number of nitrogen functional groups attached to an aromatic ring is 1. The minimum Gasteiger partial charge on any atom is -0.380 e. The fourth-order valence-corrected chi connectivity index (χ4v) is 2.57. The SMILES string of the molecule is COCc1ccc(-c2nc(N)nnc2-c2ccnc(Cl)c2C)cc1. The zero-order valence-electron chi connectivity index (χ0n) is 13.3. The second-order valence-corrected chi connectivity index (χ2v) is 5.63. The number of nitrogens with two attached hydrogens (primary N) is 1. The lowest BCUT2D eigenvalue weighted by Gasteiger charge is -2.11. The molecule has 2 heterocycles. The fraction of sp³-hybridized carbons (Fsp3) is 0.176. The lowest BCUT2D eigenvalue weighted by molar-refractivity contribution is 0.185. The van der Waals surface area contributed by atoms with Crippen molar-refractivity contribution in [1.29, 1.82) is 0 Å². The van der Waals surface area contributed by atoms with Crippen LogP contribution in [-0.4, -0.2) is 27.3 Å². The molecule has 1 aromatic carbocycles. The quantitative estimate of drug-likeness (QED) is 0.733. The Morgan fingerprint density at radius 3 is 2.54 bits per heavy atom. The van der Waals surface area contributed by atoms with Gasteiger partial charge >= 0.3 is 0 Å². The minimum atomic E-state index is 0.118. The van der Waals surface area contributed by atoms with Crippen LogP contribution in [-0.2, 0) is 11.3 Å². The Bertz CT molecular complexity index is 867. The van der Waals surface area contributed by atoms with Crippen LogP contribution >= 0.6 is 11.6 Å². The molecule has 2 N–H and O–H groups in total. The van der Waals surface area contributed by atoms with Crippen LogP contribution in [0.15, 0.2) is 36.5 Å². The van der Waals surface area contributed by atoms with Gasteiger partial charge in [0.2, 0.25) is 5.95 Å². The van der Waals surface area contributed by atoms with Gasteiger partial charge in [0, 0.05) is 24.4 Å². The average Bonchev–Trinajstić information content (AvgIpc) is 2.59. The molecule has 0 spiro atoms. The molecule has 3 aromatic rings. The van der Waals surface area contributed by atoms with Crippen LogP contribution < -0.4 is 5.73 Å². The van der Waals surface area contributed by atoms with Gasteiger partial charge in [-0.2, -0.15) is 0 Å². The number of hydrogen-bond donors (Lipinski definition) is 1. The number of benzene rings is 1. The molecule has 7 heteroatoms. The van der Waals surface area contributed by atoms with Gasteiger partial charge in [0.1, 0.15) is 16.5 Å². The third-order valence-corrected chi connectivity index (χ3v) is 4.02. The van der Waals surface area contributed by atoms with Gasteiger partial charge in [-0.05, 0) is 24.1 Å². The number of nitrogens with zero attached hydrogens (tertiary/aromatic N) is 4. The molecule has 0 saturated heterocycles. The molecule has 2 aromatic heterocycles. The van der Waals surface area contributed by atoms with Gasteiger partial charge in [0.05, 0.1) is 6.61 Å². The Hall–Kier alpha value is -2.57. The molecule has 0 fully saturated rings. The molecule has 6 nitrogen and oxygen atoms in total. The molecule has 0 aliphatic carbocycles. The predicted molar refractivity (Wildman–Crippen MR) is 93.4 cm³/mol. The summed E-state index contributed by atoms with van der Waals surface area (Å²) in [5, 5.41) is 8.55. The molecule has 0 radical (unpaired) electrons. The molecule has 3 rings (SSSR count). The third-order valence-electron chi connectivity index (χ3n) is 3.64. The first-order chi connectivity index (χ1) is 11.6. The number of rotatable bonds is 4. The van der Waals surface area contributed by atoms with Crippen LogP contribution in [0, 0.1) is 6.92 Å². The first-order valence-corrected chi connectivity index (χ1v) is 7.68. The first-order valence-electron chi connectivity index (χ1n) is 7.30. The Morgan fingerprint density at radius 1 is 1.08 bits per heavy atom. The smallest absolute Gasteiger partial charge is 0.240 e. The van der Waals surface area contributed by atoms with Crippen LogP contribution in [0.3, 0.4) is 0 Å². The van der Waals surface area contributed by atoms with Gasteiger partial charge < -0.3 is 10.5 Å². The van der Waals surface area contributed by atoms with E-state index in [9.17, 15) is 0 Å². The van der Waals surface area contributed by atoms with Crippen molar-refractivity contribution >= 4 is 17.5 Å². The van der Waals surface area contributed by atoms with Crippen molar-refractivity contribution in [2.45, 2.75) is 13.5 Å². The van der Waals surface area contributed by atoms with Crippen LogP contribution in [0.5, 0.6) is 0 Å². The summed E-state index contributed by atoms with van der Waals surface area (Å²) in [6.07, 6.45) is 1.63. The molecular weight excluding hydrogens is 326 g/mol. The molecular formula is C17H16ClN5O. The summed E-state index contributed by atoms with van der Waals surface area (Å²) in [5.41, 5.74) is 10.6. The second-order valence-electron chi connectivity index (χ2n) is 5.27. The summed E-state index contributed by atoms with van der Waals surface area (Å²) in [6, 6.07) is 9.71. The molecule has 0 unspecified atom stereocenters. The minimum absolute atomic E-state index is 0.118. The highest BCUT2D eigenvalue weighted by atomic mass is 35.5. The Kier molecular flexibility index (Phi) is 4.69. The maximum Gasteiger partial charge on any atom is 0.240 e. The largest absolute Gasteiger partial charge is 0.380 e. The van der Waals surface area contributed by atoms with Gasteiger partial charge in [-0.1, -0.05) is 35.9 Å². The van der Waals surface area contributed by atoms with Crippen molar-refractivity contribution in [3.8, 4) is 22.5 Å². The Labute approximate surface area is 144 Å². The zero-order valence-corrected chi connectivity index (χ0v) is 14.1. The zero-order chi connectivity index (χ0) is 17.1. The Balaban J connectivity index is 2.14. The van der Waals surface area contributed by atoms with Crippen molar-refractivity contribution < 1.29 is 4.74 Å². The van der Waals surface area contributed by atoms with E-state index >= 15 is 0 Å². The van der Waals surface area contributed by atoms with Crippen molar-refractivity contribution in [3.63, 3.8) is 0 Å². The molecule has 0 amide bonds. The third kappa shape index (κ3) is 3.20. The highest BCUT2D eigenvalue weighted by molar-refractivity contribution is 6.30. The second kappa shape index (κ2) is 6.90. The maximum absolute atomic E-state index is 6.13. The topological polar surface area (TPSA) is 86.8 Å². The molecule has 122 valence electrons. The summed E-state index contributed by atoms with van der Waals surface area (Å²) in [7, 11) is 1.66. The summed E-state index contributed by atoms with van der Waals surface area (Å²) in [6.45, 7) is 2.44. The number of pyridine rings is 1. The maximum atomic E-state index is 6.13. The van der Waals surface area contributed by atoms with Crippen LogP contribution in [0.2, 0.25) is 5.15 Å². The molecule has 0 atom stereocenters. The number of halogens is 1. The highest BCUT2D eigenvalue weighted by Crippen LogP contribution is 2.32.